The second-order valence-electron chi connectivity index (χ2n) is 3.70. The van der Waals surface area contributed by atoms with Crippen LogP contribution in [0.2, 0.25) is 0 Å². The van der Waals surface area contributed by atoms with Crippen molar-refractivity contribution >= 4 is 38.9 Å². The number of thiophene rings is 1. The highest BCUT2D eigenvalue weighted by molar-refractivity contribution is 7.17. The van der Waals surface area contributed by atoms with E-state index < -0.39 is 0 Å². The Labute approximate surface area is 108 Å². The van der Waals surface area contributed by atoms with Crippen LogP contribution in [0.5, 0.6) is 0 Å². The summed E-state index contributed by atoms with van der Waals surface area (Å²) in [5.41, 5.74) is 5.83. The minimum Gasteiger partial charge on any atom is -0.346 e. The van der Waals surface area contributed by atoms with Crippen molar-refractivity contribution in [1.82, 2.24) is 5.32 Å². The van der Waals surface area contributed by atoms with Crippen molar-refractivity contribution in [2.45, 2.75) is 0 Å². The Morgan fingerprint density at radius 1 is 1.22 bits per heavy atom. The Morgan fingerprint density at radius 2 is 2.06 bits per heavy atom. The van der Waals surface area contributed by atoms with Crippen molar-refractivity contribution in [3.05, 3.63) is 29.6 Å². The van der Waals surface area contributed by atoms with Gasteiger partial charge in [-0.3, -0.25) is 9.59 Å². The topological polar surface area (TPSA) is 84.2 Å². The van der Waals surface area contributed by atoms with Crippen LogP contribution in [-0.2, 0) is 9.59 Å². The summed E-state index contributed by atoms with van der Waals surface area (Å²) < 4.78 is 1.17. The molecule has 0 atom stereocenters. The predicted octanol–water partition coefficient (Wildman–Crippen LogP) is 0.915. The third kappa shape index (κ3) is 3.06. The zero-order valence-electron chi connectivity index (χ0n) is 9.60. The average Bonchev–Trinajstić information content (AvgIpc) is 2.83. The molecule has 0 fully saturated rings. The van der Waals surface area contributed by atoms with Crippen LogP contribution in [0.25, 0.3) is 10.1 Å². The highest BCUT2D eigenvalue weighted by atomic mass is 32.1. The van der Waals surface area contributed by atoms with Gasteiger partial charge in [-0.15, -0.1) is 11.3 Å². The third-order valence-corrected chi connectivity index (χ3v) is 3.27. The maximum absolute atomic E-state index is 11.5. The van der Waals surface area contributed by atoms with E-state index in [1.54, 1.807) is 11.3 Å². The van der Waals surface area contributed by atoms with Crippen molar-refractivity contribution in [1.29, 1.82) is 0 Å². The lowest BCUT2D eigenvalue weighted by Gasteiger charge is -2.06. The summed E-state index contributed by atoms with van der Waals surface area (Å²) in [6.07, 6.45) is 0. The standard InChI is InChI=1S/C12H13N3O2S/c13-6-11(16)14-7-12(17)15-9-1-2-10-8(5-9)3-4-18-10/h1-5H,6-7,13H2,(H,14,16)(H,15,17). The summed E-state index contributed by atoms with van der Waals surface area (Å²) in [5, 5.41) is 8.21. The van der Waals surface area contributed by atoms with Crippen molar-refractivity contribution < 1.29 is 9.59 Å². The van der Waals surface area contributed by atoms with Gasteiger partial charge in [0.25, 0.3) is 0 Å². The fraction of sp³-hybridized carbons (Fsp3) is 0.167. The van der Waals surface area contributed by atoms with Crippen molar-refractivity contribution in [3.8, 4) is 0 Å². The van der Waals surface area contributed by atoms with Crippen LogP contribution in [0.4, 0.5) is 5.69 Å². The molecule has 5 nitrogen and oxygen atoms in total. The fourth-order valence-electron chi connectivity index (χ4n) is 1.50. The van der Waals surface area contributed by atoms with Crippen molar-refractivity contribution in [2.75, 3.05) is 18.4 Å². The molecule has 18 heavy (non-hydrogen) atoms. The lowest BCUT2D eigenvalue weighted by Crippen LogP contribution is -2.36. The molecule has 0 radical (unpaired) electrons. The quantitative estimate of drug-likeness (QED) is 0.766. The molecule has 4 N–H and O–H groups in total. The lowest BCUT2D eigenvalue weighted by molar-refractivity contribution is -0.123. The van der Waals surface area contributed by atoms with E-state index in [0.717, 1.165) is 5.39 Å². The van der Waals surface area contributed by atoms with Gasteiger partial charge in [0, 0.05) is 10.4 Å². The van der Waals surface area contributed by atoms with Crippen molar-refractivity contribution in [2.24, 2.45) is 5.73 Å². The largest absolute Gasteiger partial charge is 0.346 e. The van der Waals surface area contributed by atoms with E-state index in [1.165, 1.54) is 4.70 Å². The molecule has 0 aliphatic heterocycles. The summed E-state index contributed by atoms with van der Waals surface area (Å²) in [5.74, 6) is -0.621. The van der Waals surface area contributed by atoms with Gasteiger partial charge in [-0.05, 0) is 35.0 Å². The van der Waals surface area contributed by atoms with E-state index in [-0.39, 0.29) is 24.9 Å². The van der Waals surface area contributed by atoms with Crippen LogP contribution >= 0.6 is 11.3 Å². The van der Waals surface area contributed by atoms with Crippen molar-refractivity contribution in [3.63, 3.8) is 0 Å². The molecule has 1 aromatic heterocycles. The van der Waals surface area contributed by atoms with Crippen LogP contribution in [-0.4, -0.2) is 24.9 Å². The maximum atomic E-state index is 11.5. The molecule has 6 heteroatoms. The summed E-state index contributed by atoms with van der Waals surface area (Å²) in [4.78, 5) is 22.4. The van der Waals surface area contributed by atoms with E-state index in [1.807, 2.05) is 29.6 Å². The number of fused-ring (bicyclic) bond motifs is 1. The van der Waals surface area contributed by atoms with Crippen LogP contribution in [0.3, 0.4) is 0 Å². The Morgan fingerprint density at radius 3 is 2.83 bits per heavy atom. The molecule has 0 aliphatic rings. The van der Waals surface area contributed by atoms with E-state index in [2.05, 4.69) is 10.6 Å². The highest BCUT2D eigenvalue weighted by Gasteiger charge is 2.05. The molecule has 0 spiro atoms. The van der Waals surface area contributed by atoms with Crippen LogP contribution in [0.15, 0.2) is 29.6 Å². The number of carbonyl (C=O) groups is 2. The van der Waals surface area contributed by atoms with Gasteiger partial charge in [0.2, 0.25) is 11.8 Å². The molecule has 2 aromatic rings. The number of nitrogens with one attached hydrogen (secondary N) is 2. The Kier molecular flexibility index (Phi) is 3.91. The molecule has 0 unspecified atom stereocenters. The predicted molar refractivity (Wildman–Crippen MR) is 72.5 cm³/mol. The normalized spacial score (nSPS) is 10.3. The molecule has 1 aromatic carbocycles. The summed E-state index contributed by atoms with van der Waals surface area (Å²) in [7, 11) is 0. The SMILES string of the molecule is NCC(=O)NCC(=O)Nc1ccc2sccc2c1. The molecule has 0 saturated heterocycles. The first-order valence-corrected chi connectivity index (χ1v) is 6.31. The molecular weight excluding hydrogens is 250 g/mol. The number of rotatable bonds is 4. The first-order chi connectivity index (χ1) is 8.69. The summed E-state index contributed by atoms with van der Waals surface area (Å²) >= 11 is 1.65. The van der Waals surface area contributed by atoms with Crippen LogP contribution in [0.1, 0.15) is 0 Å². The number of carbonyl (C=O) groups excluding carboxylic acids is 2. The van der Waals surface area contributed by atoms with Gasteiger partial charge < -0.3 is 16.4 Å². The number of nitrogens with two attached hydrogens (primary N) is 1. The fourth-order valence-corrected chi connectivity index (χ4v) is 2.27. The molecule has 0 saturated carbocycles. The summed E-state index contributed by atoms with van der Waals surface area (Å²) in [6, 6.07) is 7.68. The number of amides is 2. The zero-order valence-corrected chi connectivity index (χ0v) is 10.4. The second-order valence-corrected chi connectivity index (χ2v) is 4.65. The number of benzene rings is 1. The van der Waals surface area contributed by atoms with Gasteiger partial charge in [-0.2, -0.15) is 0 Å². The van der Waals surface area contributed by atoms with E-state index in [9.17, 15) is 9.59 Å². The van der Waals surface area contributed by atoms with Gasteiger partial charge in [0.1, 0.15) is 0 Å². The molecule has 1 heterocycles. The second kappa shape index (κ2) is 5.61. The maximum Gasteiger partial charge on any atom is 0.243 e. The number of anilines is 1. The van der Waals surface area contributed by atoms with Crippen LogP contribution in [0, 0.1) is 0 Å². The minimum absolute atomic E-state index is 0.0717. The summed E-state index contributed by atoms with van der Waals surface area (Å²) in [6.45, 7) is -0.189. The molecule has 0 aliphatic carbocycles. The van der Waals surface area contributed by atoms with Gasteiger partial charge in [-0.1, -0.05) is 0 Å². The zero-order chi connectivity index (χ0) is 13.0. The number of hydrogen-bond donors (Lipinski definition) is 3. The molecule has 94 valence electrons. The minimum atomic E-state index is -0.349. The van der Waals surface area contributed by atoms with E-state index in [0.29, 0.717) is 5.69 Å². The highest BCUT2D eigenvalue weighted by Crippen LogP contribution is 2.23. The molecule has 2 amide bonds. The first kappa shape index (κ1) is 12.5. The van der Waals surface area contributed by atoms with Gasteiger partial charge in [0.05, 0.1) is 13.1 Å². The Hall–Kier alpha value is -1.92. The van der Waals surface area contributed by atoms with Gasteiger partial charge >= 0.3 is 0 Å². The third-order valence-electron chi connectivity index (χ3n) is 2.37. The molecular formula is C12H13N3O2S. The molecule has 0 bridgehead atoms. The van der Waals surface area contributed by atoms with Gasteiger partial charge in [-0.25, -0.2) is 0 Å². The van der Waals surface area contributed by atoms with Gasteiger partial charge in [0.15, 0.2) is 0 Å². The van der Waals surface area contributed by atoms with E-state index in [4.69, 9.17) is 5.73 Å². The van der Waals surface area contributed by atoms with Crippen LogP contribution < -0.4 is 16.4 Å². The smallest absolute Gasteiger partial charge is 0.243 e. The number of hydrogen-bond acceptors (Lipinski definition) is 4. The molecule has 2 rings (SSSR count). The Balaban J connectivity index is 1.96. The lowest BCUT2D eigenvalue weighted by atomic mass is 10.2. The average molecular weight is 263 g/mol. The first-order valence-electron chi connectivity index (χ1n) is 5.43. The monoisotopic (exact) mass is 263 g/mol. The van der Waals surface area contributed by atoms with E-state index >= 15 is 0 Å². The Bertz CT molecular complexity index is 579.